The highest BCUT2D eigenvalue weighted by Gasteiger charge is 2.21. The van der Waals surface area contributed by atoms with Gasteiger partial charge in [0.15, 0.2) is 6.10 Å². The second-order valence-electron chi connectivity index (χ2n) is 4.35. The summed E-state index contributed by atoms with van der Waals surface area (Å²) in [6, 6.07) is 5.30. The number of hydrogen-bond acceptors (Lipinski definition) is 3. The normalized spacial score (nSPS) is 11.8. The van der Waals surface area contributed by atoms with Gasteiger partial charge < -0.3 is 15.4 Å². The van der Waals surface area contributed by atoms with E-state index in [2.05, 4.69) is 0 Å². The number of nitrogens with two attached hydrogens (primary N) is 1. The highest BCUT2D eigenvalue weighted by molar-refractivity contribution is 6.32. The zero-order chi connectivity index (χ0) is 14.6. The summed E-state index contributed by atoms with van der Waals surface area (Å²) >= 11 is 5.98. The van der Waals surface area contributed by atoms with E-state index in [1.165, 1.54) is 11.9 Å². The molecule has 1 aromatic carbocycles. The van der Waals surface area contributed by atoms with Gasteiger partial charge in [-0.3, -0.25) is 9.59 Å². The highest BCUT2D eigenvalue weighted by atomic mass is 35.5. The van der Waals surface area contributed by atoms with Gasteiger partial charge in [0.05, 0.1) is 11.6 Å². The first-order chi connectivity index (χ1) is 8.81. The molecule has 0 bridgehead atoms. The molecule has 0 fully saturated rings. The maximum atomic E-state index is 11.9. The van der Waals surface area contributed by atoms with E-state index < -0.39 is 12.0 Å². The summed E-state index contributed by atoms with van der Waals surface area (Å²) in [5, 5.41) is 0.433. The molecule has 0 saturated heterocycles. The van der Waals surface area contributed by atoms with Gasteiger partial charge in [0.1, 0.15) is 5.75 Å². The summed E-state index contributed by atoms with van der Waals surface area (Å²) in [7, 11) is 1.49. The van der Waals surface area contributed by atoms with Crippen LogP contribution in [0.15, 0.2) is 18.2 Å². The molecular formula is C13H17ClN2O3. The number of rotatable bonds is 5. The standard InChI is InChI=1S/C13H17ClN2O3/c1-8-4-5-10(14)11(6-8)19-9(2)13(18)16(3)7-12(15)17/h4-6,9H,7H2,1-3H3,(H2,15,17)/t9-/m1/s1. The Morgan fingerprint density at radius 1 is 1.47 bits per heavy atom. The van der Waals surface area contributed by atoms with Gasteiger partial charge in [-0.15, -0.1) is 0 Å². The third-order valence-electron chi connectivity index (χ3n) is 2.51. The molecule has 1 atom stereocenters. The molecule has 0 heterocycles. The Kier molecular flexibility index (Phi) is 5.18. The van der Waals surface area contributed by atoms with Crippen molar-refractivity contribution in [2.24, 2.45) is 5.73 Å². The fourth-order valence-electron chi connectivity index (χ4n) is 1.56. The summed E-state index contributed by atoms with van der Waals surface area (Å²) in [4.78, 5) is 23.9. The third kappa shape index (κ3) is 4.44. The molecule has 5 nitrogen and oxygen atoms in total. The lowest BCUT2D eigenvalue weighted by Crippen LogP contribution is -2.42. The maximum Gasteiger partial charge on any atom is 0.263 e. The van der Waals surface area contributed by atoms with Crippen molar-refractivity contribution in [2.45, 2.75) is 20.0 Å². The first-order valence-electron chi connectivity index (χ1n) is 5.77. The molecule has 6 heteroatoms. The van der Waals surface area contributed by atoms with Crippen molar-refractivity contribution in [3.05, 3.63) is 28.8 Å². The Bertz CT molecular complexity index is 491. The van der Waals surface area contributed by atoms with Crippen LogP contribution in [0, 0.1) is 6.92 Å². The molecule has 1 aromatic rings. The number of carbonyl (C=O) groups excluding carboxylic acids is 2. The lowest BCUT2D eigenvalue weighted by molar-refractivity contribution is -0.139. The van der Waals surface area contributed by atoms with E-state index in [-0.39, 0.29) is 12.5 Å². The van der Waals surface area contributed by atoms with Gasteiger partial charge in [0.25, 0.3) is 5.91 Å². The number of primary amides is 1. The zero-order valence-electron chi connectivity index (χ0n) is 11.1. The fraction of sp³-hybridized carbons (Fsp3) is 0.385. The smallest absolute Gasteiger partial charge is 0.263 e. The van der Waals surface area contributed by atoms with E-state index in [4.69, 9.17) is 22.1 Å². The fourth-order valence-corrected chi connectivity index (χ4v) is 1.73. The van der Waals surface area contributed by atoms with Crippen molar-refractivity contribution in [2.75, 3.05) is 13.6 Å². The third-order valence-corrected chi connectivity index (χ3v) is 2.82. The molecular weight excluding hydrogens is 268 g/mol. The van der Waals surface area contributed by atoms with Gasteiger partial charge in [0, 0.05) is 7.05 Å². The minimum atomic E-state index is -0.747. The molecule has 0 aliphatic rings. The molecule has 1 rings (SSSR count). The summed E-state index contributed by atoms with van der Waals surface area (Å²) in [5.74, 6) is -0.469. The second-order valence-corrected chi connectivity index (χ2v) is 4.76. The molecule has 0 saturated carbocycles. The SMILES string of the molecule is Cc1ccc(Cl)c(O[C@H](C)C(=O)N(C)CC(N)=O)c1. The number of carbonyl (C=O) groups is 2. The number of aryl methyl sites for hydroxylation is 1. The Morgan fingerprint density at radius 2 is 2.11 bits per heavy atom. The number of hydrogen-bond donors (Lipinski definition) is 1. The second kappa shape index (κ2) is 6.43. The van der Waals surface area contributed by atoms with Crippen LogP contribution in [0.5, 0.6) is 5.75 Å². The molecule has 2 amide bonds. The summed E-state index contributed by atoms with van der Waals surface area (Å²) in [6.07, 6.45) is -0.747. The van der Waals surface area contributed by atoms with E-state index in [0.29, 0.717) is 10.8 Å². The molecule has 2 N–H and O–H groups in total. The molecule has 104 valence electrons. The summed E-state index contributed by atoms with van der Waals surface area (Å²) in [6.45, 7) is 3.35. The quantitative estimate of drug-likeness (QED) is 0.887. The number of benzene rings is 1. The van der Waals surface area contributed by atoms with Crippen LogP contribution in [-0.4, -0.2) is 36.4 Å². The predicted molar refractivity (Wildman–Crippen MR) is 73.1 cm³/mol. The molecule has 0 aromatic heterocycles. The largest absolute Gasteiger partial charge is 0.479 e. The van der Waals surface area contributed by atoms with Gasteiger partial charge in [-0.25, -0.2) is 0 Å². The molecule has 0 radical (unpaired) electrons. The number of ether oxygens (including phenoxy) is 1. The Balaban J connectivity index is 2.73. The topological polar surface area (TPSA) is 72.6 Å². The van der Waals surface area contributed by atoms with Crippen LogP contribution in [0.25, 0.3) is 0 Å². The van der Waals surface area contributed by atoms with Crippen LogP contribution in [0.1, 0.15) is 12.5 Å². The van der Waals surface area contributed by atoms with Gasteiger partial charge in [0.2, 0.25) is 5.91 Å². The summed E-state index contributed by atoms with van der Waals surface area (Å²) in [5.41, 5.74) is 6.01. The van der Waals surface area contributed by atoms with Crippen LogP contribution in [0.2, 0.25) is 5.02 Å². The van der Waals surface area contributed by atoms with E-state index in [1.807, 2.05) is 13.0 Å². The molecule has 0 unspecified atom stereocenters. The first kappa shape index (κ1) is 15.3. The Hall–Kier alpha value is -1.75. The molecule has 19 heavy (non-hydrogen) atoms. The number of halogens is 1. The predicted octanol–water partition coefficient (Wildman–Crippen LogP) is 1.36. The molecule has 0 spiro atoms. The van der Waals surface area contributed by atoms with Gasteiger partial charge >= 0.3 is 0 Å². The first-order valence-corrected chi connectivity index (χ1v) is 6.15. The van der Waals surface area contributed by atoms with Gasteiger partial charge in [-0.2, -0.15) is 0 Å². The average molecular weight is 285 g/mol. The van der Waals surface area contributed by atoms with Crippen molar-refractivity contribution in [3.63, 3.8) is 0 Å². The van der Waals surface area contributed by atoms with E-state index in [1.54, 1.807) is 19.1 Å². The Morgan fingerprint density at radius 3 is 2.68 bits per heavy atom. The van der Waals surface area contributed by atoms with E-state index >= 15 is 0 Å². The van der Waals surface area contributed by atoms with Crippen molar-refractivity contribution in [3.8, 4) is 5.75 Å². The zero-order valence-corrected chi connectivity index (χ0v) is 11.9. The van der Waals surface area contributed by atoms with Gasteiger partial charge in [-0.05, 0) is 31.5 Å². The van der Waals surface area contributed by atoms with Crippen molar-refractivity contribution in [1.29, 1.82) is 0 Å². The van der Waals surface area contributed by atoms with Gasteiger partial charge in [-0.1, -0.05) is 17.7 Å². The summed E-state index contributed by atoms with van der Waals surface area (Å²) < 4.78 is 5.52. The maximum absolute atomic E-state index is 11.9. The minimum absolute atomic E-state index is 0.145. The number of amides is 2. The van der Waals surface area contributed by atoms with Crippen molar-refractivity contribution < 1.29 is 14.3 Å². The van der Waals surface area contributed by atoms with Crippen molar-refractivity contribution in [1.82, 2.24) is 4.90 Å². The lowest BCUT2D eigenvalue weighted by Gasteiger charge is -2.21. The monoisotopic (exact) mass is 284 g/mol. The van der Waals surface area contributed by atoms with Crippen LogP contribution in [0.4, 0.5) is 0 Å². The lowest BCUT2D eigenvalue weighted by atomic mass is 10.2. The van der Waals surface area contributed by atoms with E-state index in [9.17, 15) is 9.59 Å². The van der Waals surface area contributed by atoms with Crippen molar-refractivity contribution >= 4 is 23.4 Å². The van der Waals surface area contributed by atoms with Crippen LogP contribution in [0.3, 0.4) is 0 Å². The molecule has 0 aliphatic heterocycles. The average Bonchev–Trinajstić information content (AvgIpc) is 2.31. The van der Waals surface area contributed by atoms with Crippen LogP contribution < -0.4 is 10.5 Å². The minimum Gasteiger partial charge on any atom is -0.479 e. The van der Waals surface area contributed by atoms with Crippen LogP contribution >= 0.6 is 11.6 Å². The highest BCUT2D eigenvalue weighted by Crippen LogP contribution is 2.26. The number of nitrogens with zero attached hydrogens (tertiary/aromatic N) is 1. The molecule has 0 aliphatic carbocycles. The van der Waals surface area contributed by atoms with E-state index in [0.717, 1.165) is 5.56 Å². The number of likely N-dealkylation sites (N-methyl/N-ethyl adjacent to an activating group) is 1. The van der Waals surface area contributed by atoms with Crippen LogP contribution in [-0.2, 0) is 9.59 Å². The Labute approximate surface area is 117 Å².